The molecule has 0 unspecified atom stereocenters. The zero-order valence-corrected chi connectivity index (χ0v) is 13.0. The third-order valence-corrected chi connectivity index (χ3v) is 5.85. The second kappa shape index (κ2) is 4.12. The number of fused-ring (bicyclic) bond motifs is 5. The standard InChI is InChI=1S/C18H22N2O/c1-11-5-4-6-13-14-9-10-20-15(21)8-7-12(2)18(20,3)17(14)19-16(11)13/h4-6,12,19H,7-10H2,1-3H3/t12-,18-/m1/s1. The fourth-order valence-electron chi connectivity index (χ4n) is 4.35. The first-order chi connectivity index (χ1) is 10.0. The first-order valence-electron chi connectivity index (χ1n) is 7.94. The highest BCUT2D eigenvalue weighted by Crippen LogP contribution is 2.47. The SMILES string of the molecule is Cc1cccc2c3c([nH]c12)[C@@]1(C)[C@H](C)CCC(=O)N1CC3. The predicted octanol–water partition coefficient (Wildman–Crippen LogP) is 3.51. The number of hydrogen-bond acceptors (Lipinski definition) is 1. The van der Waals surface area contributed by atoms with Crippen LogP contribution in [-0.2, 0) is 16.8 Å². The van der Waals surface area contributed by atoms with Gasteiger partial charge >= 0.3 is 0 Å². The van der Waals surface area contributed by atoms with Crippen molar-refractivity contribution >= 4 is 16.8 Å². The molecule has 0 spiro atoms. The number of hydrogen-bond donors (Lipinski definition) is 1. The van der Waals surface area contributed by atoms with Crippen molar-refractivity contribution in [1.82, 2.24) is 9.88 Å². The van der Waals surface area contributed by atoms with E-state index in [-0.39, 0.29) is 5.54 Å². The van der Waals surface area contributed by atoms with Gasteiger partial charge in [-0.1, -0.05) is 25.1 Å². The molecule has 3 heterocycles. The topological polar surface area (TPSA) is 36.1 Å². The van der Waals surface area contributed by atoms with Crippen LogP contribution in [0.2, 0.25) is 0 Å². The highest BCUT2D eigenvalue weighted by Gasteiger charge is 2.49. The van der Waals surface area contributed by atoms with E-state index in [9.17, 15) is 4.79 Å². The highest BCUT2D eigenvalue weighted by atomic mass is 16.2. The quantitative estimate of drug-likeness (QED) is 0.788. The molecule has 110 valence electrons. The van der Waals surface area contributed by atoms with Gasteiger partial charge in [0.1, 0.15) is 0 Å². The molecule has 0 radical (unpaired) electrons. The molecule has 3 heteroatoms. The Labute approximate surface area is 125 Å². The van der Waals surface area contributed by atoms with Crippen LogP contribution in [0.3, 0.4) is 0 Å². The molecule has 0 bridgehead atoms. The van der Waals surface area contributed by atoms with E-state index in [1.165, 1.54) is 27.7 Å². The van der Waals surface area contributed by atoms with Gasteiger partial charge < -0.3 is 9.88 Å². The molecule has 0 aliphatic carbocycles. The van der Waals surface area contributed by atoms with Crippen LogP contribution in [0.5, 0.6) is 0 Å². The van der Waals surface area contributed by atoms with E-state index in [0.29, 0.717) is 18.2 Å². The van der Waals surface area contributed by atoms with Gasteiger partial charge in [-0.15, -0.1) is 0 Å². The minimum atomic E-state index is -0.172. The number of carbonyl (C=O) groups excluding carboxylic acids is 1. The van der Waals surface area contributed by atoms with Gasteiger partial charge in [0.15, 0.2) is 0 Å². The Hall–Kier alpha value is -1.77. The Kier molecular flexibility index (Phi) is 2.54. The Balaban J connectivity index is 2.00. The number of benzene rings is 1. The van der Waals surface area contributed by atoms with Crippen LogP contribution in [0.25, 0.3) is 10.9 Å². The lowest BCUT2D eigenvalue weighted by Crippen LogP contribution is -2.57. The number of nitrogens with zero attached hydrogens (tertiary/aromatic N) is 1. The number of aryl methyl sites for hydroxylation is 1. The van der Waals surface area contributed by atoms with Gasteiger partial charge in [0, 0.05) is 29.6 Å². The summed E-state index contributed by atoms with van der Waals surface area (Å²) in [5.74, 6) is 0.805. The average Bonchev–Trinajstić information content (AvgIpc) is 2.85. The van der Waals surface area contributed by atoms with E-state index in [0.717, 1.165) is 19.4 Å². The molecule has 1 saturated heterocycles. The minimum absolute atomic E-state index is 0.172. The summed E-state index contributed by atoms with van der Waals surface area (Å²) >= 11 is 0. The van der Waals surface area contributed by atoms with Crippen molar-refractivity contribution in [2.24, 2.45) is 5.92 Å². The third kappa shape index (κ3) is 1.52. The first kappa shape index (κ1) is 12.9. The fraction of sp³-hybridized carbons (Fsp3) is 0.500. The molecule has 2 atom stereocenters. The molecule has 1 N–H and O–H groups in total. The molecule has 1 aromatic heterocycles. The summed E-state index contributed by atoms with van der Waals surface area (Å²) < 4.78 is 0. The smallest absolute Gasteiger partial charge is 0.223 e. The average molecular weight is 282 g/mol. The molecule has 2 aromatic rings. The van der Waals surface area contributed by atoms with E-state index >= 15 is 0 Å². The lowest BCUT2D eigenvalue weighted by molar-refractivity contribution is -0.146. The van der Waals surface area contributed by atoms with Crippen LogP contribution in [0.4, 0.5) is 0 Å². The van der Waals surface area contributed by atoms with Gasteiger partial charge in [0.25, 0.3) is 0 Å². The van der Waals surface area contributed by atoms with Crippen molar-refractivity contribution in [1.29, 1.82) is 0 Å². The molecule has 3 nitrogen and oxygen atoms in total. The van der Waals surface area contributed by atoms with Crippen LogP contribution >= 0.6 is 0 Å². The van der Waals surface area contributed by atoms with E-state index in [1.807, 2.05) is 0 Å². The van der Waals surface area contributed by atoms with Crippen molar-refractivity contribution in [3.63, 3.8) is 0 Å². The third-order valence-electron chi connectivity index (χ3n) is 5.85. The maximum absolute atomic E-state index is 12.4. The molecular weight excluding hydrogens is 260 g/mol. The van der Waals surface area contributed by atoms with Crippen molar-refractivity contribution < 1.29 is 4.79 Å². The number of para-hydroxylation sites is 1. The second-order valence-corrected chi connectivity index (χ2v) is 6.86. The number of aromatic nitrogens is 1. The van der Waals surface area contributed by atoms with Gasteiger partial charge in [-0.25, -0.2) is 0 Å². The normalized spacial score (nSPS) is 28.6. The number of piperidine rings is 1. The molecule has 4 rings (SSSR count). The van der Waals surface area contributed by atoms with Crippen molar-refractivity contribution in [2.75, 3.05) is 6.54 Å². The fourth-order valence-corrected chi connectivity index (χ4v) is 4.35. The zero-order valence-electron chi connectivity index (χ0n) is 13.0. The van der Waals surface area contributed by atoms with E-state index in [1.54, 1.807) is 0 Å². The Morgan fingerprint density at radius 3 is 2.95 bits per heavy atom. The van der Waals surface area contributed by atoms with Crippen LogP contribution < -0.4 is 0 Å². The summed E-state index contributed by atoms with van der Waals surface area (Å²) in [5, 5.41) is 1.34. The molecule has 2 aliphatic rings. The second-order valence-electron chi connectivity index (χ2n) is 6.86. The van der Waals surface area contributed by atoms with E-state index < -0.39 is 0 Å². The number of carbonyl (C=O) groups is 1. The summed E-state index contributed by atoms with van der Waals surface area (Å²) in [6.45, 7) is 7.54. The number of rotatable bonds is 0. The summed E-state index contributed by atoms with van der Waals surface area (Å²) in [7, 11) is 0. The van der Waals surface area contributed by atoms with E-state index in [4.69, 9.17) is 0 Å². The van der Waals surface area contributed by atoms with Gasteiger partial charge in [-0.3, -0.25) is 4.79 Å². The lowest BCUT2D eigenvalue weighted by atomic mass is 9.72. The van der Waals surface area contributed by atoms with Gasteiger partial charge in [0.2, 0.25) is 5.91 Å². The molecule has 1 fully saturated rings. The van der Waals surface area contributed by atoms with Crippen LogP contribution in [-0.4, -0.2) is 22.3 Å². The van der Waals surface area contributed by atoms with Gasteiger partial charge in [0.05, 0.1) is 5.54 Å². The molecule has 1 aromatic carbocycles. The molecule has 0 saturated carbocycles. The summed E-state index contributed by atoms with van der Waals surface area (Å²) in [6.07, 6.45) is 2.65. The van der Waals surface area contributed by atoms with Crippen molar-refractivity contribution in [3.05, 3.63) is 35.0 Å². The monoisotopic (exact) mass is 282 g/mol. The number of amides is 1. The summed E-state index contributed by atoms with van der Waals surface area (Å²) in [5.41, 5.74) is 5.06. The predicted molar refractivity (Wildman–Crippen MR) is 84.2 cm³/mol. The van der Waals surface area contributed by atoms with Gasteiger partial charge in [-0.2, -0.15) is 0 Å². The van der Waals surface area contributed by atoms with Crippen LogP contribution in [0.1, 0.15) is 43.5 Å². The van der Waals surface area contributed by atoms with Crippen molar-refractivity contribution in [2.45, 2.75) is 45.6 Å². The maximum Gasteiger partial charge on any atom is 0.223 e. The van der Waals surface area contributed by atoms with Crippen molar-refractivity contribution in [3.8, 4) is 0 Å². The summed E-state index contributed by atoms with van der Waals surface area (Å²) in [4.78, 5) is 18.2. The van der Waals surface area contributed by atoms with Crippen LogP contribution in [0, 0.1) is 12.8 Å². The number of aromatic amines is 1. The molecular formula is C18H22N2O. The molecule has 2 aliphatic heterocycles. The lowest BCUT2D eigenvalue weighted by Gasteiger charge is -2.51. The zero-order chi connectivity index (χ0) is 14.8. The van der Waals surface area contributed by atoms with Crippen LogP contribution in [0.15, 0.2) is 18.2 Å². The van der Waals surface area contributed by atoms with Gasteiger partial charge in [-0.05, 0) is 43.7 Å². The first-order valence-corrected chi connectivity index (χ1v) is 7.94. The Bertz CT molecular complexity index is 745. The number of nitrogens with one attached hydrogen (secondary N) is 1. The van der Waals surface area contributed by atoms with E-state index in [2.05, 4.69) is 48.9 Å². The summed E-state index contributed by atoms with van der Waals surface area (Å²) in [6, 6.07) is 6.50. The Morgan fingerprint density at radius 2 is 2.14 bits per heavy atom. The number of H-pyrrole nitrogens is 1. The maximum atomic E-state index is 12.4. The molecule has 1 amide bonds. The highest BCUT2D eigenvalue weighted by molar-refractivity contribution is 5.89. The Morgan fingerprint density at radius 1 is 1.33 bits per heavy atom. The minimum Gasteiger partial charge on any atom is -0.356 e. The largest absolute Gasteiger partial charge is 0.356 e. The molecule has 21 heavy (non-hydrogen) atoms.